The van der Waals surface area contributed by atoms with Gasteiger partial charge in [0.1, 0.15) is 0 Å². The van der Waals surface area contributed by atoms with Crippen molar-refractivity contribution in [2.75, 3.05) is 0 Å². The van der Waals surface area contributed by atoms with Crippen LogP contribution in [-0.4, -0.2) is 42.9 Å². The predicted octanol–water partition coefficient (Wildman–Crippen LogP) is 6.82. The fourth-order valence-corrected chi connectivity index (χ4v) is 2.58. The van der Waals surface area contributed by atoms with E-state index in [-0.39, 0.29) is 0 Å². The van der Waals surface area contributed by atoms with Gasteiger partial charge in [-0.2, -0.15) is 17.6 Å². The van der Waals surface area contributed by atoms with Crippen LogP contribution in [-0.2, 0) is 4.74 Å². The maximum atomic E-state index is 13.4. The third kappa shape index (κ3) is 4.98. The maximum absolute atomic E-state index is 13.4. The predicted molar refractivity (Wildman–Crippen MR) is 80.6 cm³/mol. The smallest absolute Gasteiger partial charge is 0.328 e. The summed E-state index contributed by atoms with van der Waals surface area (Å²) in [7, 11) is 0. The fourth-order valence-electron chi connectivity index (χ4n) is 0.869. The van der Waals surface area contributed by atoms with Crippen molar-refractivity contribution in [3.8, 4) is 0 Å². The Labute approximate surface area is 166 Å². The molecule has 15 heteroatoms. The van der Waals surface area contributed by atoms with Crippen LogP contribution in [0.25, 0.3) is 0 Å². The van der Waals surface area contributed by atoms with Crippen LogP contribution in [0.2, 0.25) is 0 Å². The SMILES string of the molecule is FC(Cl)C(F)(F)C(Cl)(Cl)C(Cl)OC(Cl)C(Cl)(Cl)C(F)(F)C(F)Cl. The molecular weight excluding hydrogens is 510 g/mol. The molecule has 0 aromatic rings. The first-order chi connectivity index (χ1) is 9.94. The molecule has 0 N–H and O–H groups in total. The highest BCUT2D eigenvalue weighted by atomic mass is 35.5. The lowest BCUT2D eigenvalue weighted by Crippen LogP contribution is -2.55. The van der Waals surface area contributed by atoms with Crippen LogP contribution >= 0.6 is 92.8 Å². The molecule has 0 saturated heterocycles. The Kier molecular flexibility index (Phi) is 8.92. The number of halogens is 14. The molecule has 0 aliphatic carbocycles. The summed E-state index contributed by atoms with van der Waals surface area (Å²) in [5.74, 6) is -9.42. The highest BCUT2D eigenvalue weighted by Gasteiger charge is 2.66. The van der Waals surface area contributed by atoms with E-state index in [0.29, 0.717) is 0 Å². The fraction of sp³-hybridized carbons (Fsp3) is 1.00. The van der Waals surface area contributed by atoms with E-state index in [1.54, 1.807) is 0 Å². The van der Waals surface area contributed by atoms with Crippen LogP contribution < -0.4 is 0 Å². The van der Waals surface area contributed by atoms with E-state index in [1.807, 2.05) is 0 Å². The van der Waals surface area contributed by atoms with Crippen molar-refractivity contribution in [2.24, 2.45) is 0 Å². The van der Waals surface area contributed by atoms with Gasteiger partial charge in [0.2, 0.25) is 19.9 Å². The minimum atomic E-state index is -4.71. The second kappa shape index (κ2) is 8.26. The number of ether oxygens (including phenoxy) is 1. The Morgan fingerprint density at radius 3 is 1.00 bits per heavy atom. The largest absolute Gasteiger partial charge is 0.337 e. The van der Waals surface area contributed by atoms with Gasteiger partial charge < -0.3 is 4.74 Å². The van der Waals surface area contributed by atoms with E-state index < -0.39 is 42.9 Å². The van der Waals surface area contributed by atoms with Crippen LogP contribution in [0.3, 0.4) is 0 Å². The molecule has 0 rings (SSSR count). The zero-order chi connectivity index (χ0) is 19.0. The van der Waals surface area contributed by atoms with Gasteiger partial charge in [0.05, 0.1) is 0 Å². The molecule has 0 saturated carbocycles. The summed E-state index contributed by atoms with van der Waals surface area (Å²) in [6.07, 6.45) is 0. The van der Waals surface area contributed by atoms with Crippen LogP contribution in [0.15, 0.2) is 0 Å². The van der Waals surface area contributed by atoms with E-state index in [9.17, 15) is 26.3 Å². The molecule has 0 aliphatic rings. The lowest BCUT2D eigenvalue weighted by atomic mass is 10.2. The Morgan fingerprint density at radius 1 is 0.609 bits per heavy atom. The van der Waals surface area contributed by atoms with Crippen molar-refractivity contribution in [3.63, 3.8) is 0 Å². The molecule has 1 nitrogen and oxygen atoms in total. The molecule has 140 valence electrons. The summed E-state index contributed by atoms with van der Waals surface area (Å²) in [6.45, 7) is 0. The van der Waals surface area contributed by atoms with E-state index in [1.165, 1.54) is 0 Å². The standard InChI is InChI=1S/C8H4Cl8F6O/c9-1(17)7(19,20)5(13,14)3(11)23-4(12)6(15,16)8(21,22)2(10)18/h1-4H. The van der Waals surface area contributed by atoms with Crippen molar-refractivity contribution in [3.05, 3.63) is 0 Å². The van der Waals surface area contributed by atoms with Crippen molar-refractivity contribution in [1.29, 1.82) is 0 Å². The molecule has 0 heterocycles. The number of alkyl halides is 14. The molecule has 0 amide bonds. The summed E-state index contributed by atoms with van der Waals surface area (Å²) < 4.78 is 76.0. The molecule has 4 unspecified atom stereocenters. The highest BCUT2D eigenvalue weighted by Crippen LogP contribution is 2.52. The van der Waals surface area contributed by atoms with Gasteiger partial charge in [-0.25, -0.2) is 8.78 Å². The first-order valence-electron chi connectivity index (χ1n) is 4.95. The van der Waals surface area contributed by atoms with E-state index in [2.05, 4.69) is 27.9 Å². The van der Waals surface area contributed by atoms with E-state index in [4.69, 9.17) is 69.6 Å². The monoisotopic (exact) mass is 510 g/mol. The summed E-state index contributed by atoms with van der Waals surface area (Å²) >= 11 is 40.3. The van der Waals surface area contributed by atoms with Gasteiger partial charge in [0.15, 0.2) is 11.1 Å². The summed E-state index contributed by atoms with van der Waals surface area (Å²) in [5.41, 5.74) is -12.2. The van der Waals surface area contributed by atoms with Gasteiger partial charge in [-0.1, -0.05) is 92.8 Å². The zero-order valence-electron chi connectivity index (χ0n) is 10.0. The maximum Gasteiger partial charge on any atom is 0.328 e. The Morgan fingerprint density at radius 2 is 0.826 bits per heavy atom. The van der Waals surface area contributed by atoms with Gasteiger partial charge >= 0.3 is 11.8 Å². The molecule has 4 atom stereocenters. The van der Waals surface area contributed by atoms with Crippen molar-refractivity contribution < 1.29 is 31.1 Å². The lowest BCUT2D eigenvalue weighted by molar-refractivity contribution is -0.110. The third-order valence-corrected chi connectivity index (χ3v) is 5.90. The molecule has 23 heavy (non-hydrogen) atoms. The third-order valence-electron chi connectivity index (χ3n) is 2.25. The Balaban J connectivity index is 5.35. The van der Waals surface area contributed by atoms with E-state index in [0.717, 1.165) is 0 Å². The van der Waals surface area contributed by atoms with Crippen LogP contribution in [0.1, 0.15) is 0 Å². The number of rotatable bonds is 8. The van der Waals surface area contributed by atoms with Crippen molar-refractivity contribution in [1.82, 2.24) is 0 Å². The summed E-state index contributed by atoms with van der Waals surface area (Å²) in [4.78, 5) is 0. The van der Waals surface area contributed by atoms with Crippen LogP contribution in [0.5, 0.6) is 0 Å². The van der Waals surface area contributed by atoms with Crippen LogP contribution in [0, 0.1) is 0 Å². The molecule has 0 aromatic carbocycles. The van der Waals surface area contributed by atoms with E-state index >= 15 is 0 Å². The molecule has 0 fully saturated rings. The molecule has 0 aliphatic heterocycles. The quantitative estimate of drug-likeness (QED) is 0.256. The van der Waals surface area contributed by atoms with Gasteiger partial charge in [0, 0.05) is 0 Å². The summed E-state index contributed by atoms with van der Waals surface area (Å²) in [6, 6.07) is 0. The average Bonchev–Trinajstić information content (AvgIpc) is 2.37. The van der Waals surface area contributed by atoms with Crippen molar-refractivity contribution in [2.45, 2.75) is 42.9 Å². The normalized spacial score (nSPS) is 20.1. The topological polar surface area (TPSA) is 9.23 Å². The Bertz CT molecular complexity index is 370. The highest BCUT2D eigenvalue weighted by molar-refractivity contribution is 6.54. The van der Waals surface area contributed by atoms with Crippen LogP contribution in [0.4, 0.5) is 26.3 Å². The first kappa shape index (κ1) is 24.9. The lowest BCUT2D eigenvalue weighted by Gasteiger charge is -2.37. The molecule has 0 spiro atoms. The average molecular weight is 514 g/mol. The second-order valence-corrected chi connectivity index (χ2v) is 8.19. The van der Waals surface area contributed by atoms with Gasteiger partial charge in [-0.15, -0.1) is 0 Å². The Hall–Kier alpha value is 1.86. The van der Waals surface area contributed by atoms with Gasteiger partial charge in [-0.05, 0) is 0 Å². The minimum Gasteiger partial charge on any atom is -0.337 e. The molecule has 0 aromatic heterocycles. The molecule has 0 radical (unpaired) electrons. The second-order valence-electron chi connectivity index (χ2n) is 3.86. The molecule has 0 bridgehead atoms. The number of hydrogen-bond acceptors (Lipinski definition) is 1. The molecular formula is C8H4Cl8F6O. The van der Waals surface area contributed by atoms with Gasteiger partial charge in [-0.3, -0.25) is 0 Å². The minimum absolute atomic E-state index is 2.65. The summed E-state index contributed by atoms with van der Waals surface area (Å²) in [5, 5.41) is 0. The van der Waals surface area contributed by atoms with Gasteiger partial charge in [0.25, 0.3) is 0 Å². The first-order valence-corrected chi connectivity index (χ1v) is 8.20. The van der Waals surface area contributed by atoms with Crippen molar-refractivity contribution >= 4 is 92.8 Å². The number of hydrogen-bond donors (Lipinski definition) is 0. The zero-order valence-corrected chi connectivity index (χ0v) is 16.1.